The minimum Gasteiger partial charge on any atom is -0.543 e. The maximum atomic E-state index is 10.8. The van der Waals surface area contributed by atoms with Gasteiger partial charge in [0.25, 0.3) is 8.32 Å². The van der Waals surface area contributed by atoms with E-state index in [1.54, 1.807) is 18.2 Å². The van der Waals surface area contributed by atoms with Gasteiger partial charge in [-0.05, 0) is 28.8 Å². The summed E-state index contributed by atoms with van der Waals surface area (Å²) in [4.78, 5) is 10.8. The average Bonchev–Trinajstić information content (AvgIpc) is 2.34. The summed E-state index contributed by atoms with van der Waals surface area (Å²) in [6.07, 6.45) is 0.650. The van der Waals surface area contributed by atoms with Gasteiger partial charge in [-0.25, -0.2) is 0 Å². The Bertz CT molecular complexity index is 445. The van der Waals surface area contributed by atoms with Gasteiger partial charge in [-0.3, -0.25) is 4.79 Å². The smallest absolute Gasteiger partial charge is 0.258 e. The zero-order valence-electron chi connectivity index (χ0n) is 13.3. The fraction of sp³-hybridized carbons (Fsp3) is 0.562. The summed E-state index contributed by atoms with van der Waals surface area (Å²) >= 11 is 0. The van der Waals surface area contributed by atoms with E-state index < -0.39 is 8.32 Å². The first-order chi connectivity index (χ1) is 9.25. The molecule has 0 fully saturated rings. The van der Waals surface area contributed by atoms with E-state index in [1.165, 1.54) is 0 Å². The average molecular weight is 294 g/mol. The van der Waals surface area contributed by atoms with Crippen LogP contribution in [0.1, 0.15) is 51.9 Å². The van der Waals surface area contributed by atoms with Crippen molar-refractivity contribution in [3.63, 3.8) is 0 Å². The van der Waals surface area contributed by atoms with Crippen molar-refractivity contribution in [3.05, 3.63) is 23.8 Å². The van der Waals surface area contributed by atoms with Crippen molar-refractivity contribution in [2.75, 3.05) is 0 Å². The second kappa shape index (κ2) is 6.44. The van der Waals surface area contributed by atoms with Crippen molar-refractivity contribution >= 4 is 14.6 Å². The summed E-state index contributed by atoms with van der Waals surface area (Å²) in [7, 11) is -2.02. The van der Waals surface area contributed by atoms with Crippen LogP contribution in [0.3, 0.4) is 0 Å². The van der Waals surface area contributed by atoms with Gasteiger partial charge in [0.15, 0.2) is 6.29 Å². The minimum absolute atomic E-state index is 0.0170. The van der Waals surface area contributed by atoms with Gasteiger partial charge < -0.3 is 9.53 Å². The molecule has 0 amide bonds. The van der Waals surface area contributed by atoms with Crippen LogP contribution in [-0.4, -0.2) is 19.7 Å². The molecule has 0 aliphatic heterocycles. The number of carbonyl (C=O) groups is 1. The quantitative estimate of drug-likeness (QED) is 0.608. The molecule has 1 aromatic rings. The normalized spacial score (nSPS) is 12.2. The van der Waals surface area contributed by atoms with Crippen LogP contribution >= 0.6 is 0 Å². The summed E-state index contributed by atoms with van der Waals surface area (Å²) in [5.74, 6) is 0.646. The molecule has 4 heteroatoms. The lowest BCUT2D eigenvalue weighted by atomic mass is 10.2. The third-order valence-corrected chi connectivity index (χ3v) is 10.1. The minimum atomic E-state index is -2.02. The number of aldehydes is 1. The maximum Gasteiger partial charge on any atom is 0.258 e. The van der Waals surface area contributed by atoms with Crippen molar-refractivity contribution in [1.82, 2.24) is 0 Å². The Hall–Kier alpha value is -1.29. The van der Waals surface area contributed by atoms with Gasteiger partial charge in [0, 0.05) is 6.07 Å². The van der Waals surface area contributed by atoms with E-state index in [0.717, 1.165) is 0 Å². The topological polar surface area (TPSA) is 46.5 Å². The first-order valence-electron chi connectivity index (χ1n) is 7.22. The Morgan fingerprint density at radius 2 is 1.55 bits per heavy atom. The van der Waals surface area contributed by atoms with E-state index in [0.29, 0.717) is 34.2 Å². The van der Waals surface area contributed by atoms with Crippen LogP contribution in [0.15, 0.2) is 18.2 Å². The number of carbonyl (C=O) groups excluding carboxylic acids is 1. The number of hydrogen-bond donors (Lipinski definition) is 1. The molecule has 0 saturated carbocycles. The summed E-state index contributed by atoms with van der Waals surface area (Å²) < 4.78 is 6.43. The van der Waals surface area contributed by atoms with E-state index in [2.05, 4.69) is 41.5 Å². The van der Waals surface area contributed by atoms with Crippen LogP contribution in [0.4, 0.5) is 0 Å². The zero-order chi connectivity index (χ0) is 15.5. The fourth-order valence-corrected chi connectivity index (χ4v) is 8.49. The Labute approximate surface area is 123 Å². The molecule has 0 aliphatic carbocycles. The van der Waals surface area contributed by atoms with E-state index in [9.17, 15) is 9.90 Å². The molecule has 0 aromatic heterocycles. The second-order valence-electron chi connectivity index (χ2n) is 6.26. The predicted molar refractivity (Wildman–Crippen MR) is 85.2 cm³/mol. The third-order valence-electron chi connectivity index (χ3n) is 4.13. The highest BCUT2D eigenvalue weighted by atomic mass is 28.4. The third kappa shape index (κ3) is 3.06. The maximum absolute atomic E-state index is 10.8. The van der Waals surface area contributed by atoms with Crippen molar-refractivity contribution in [2.45, 2.75) is 58.2 Å². The molecule has 0 unspecified atom stereocenters. The summed E-state index contributed by atoms with van der Waals surface area (Å²) in [5.41, 5.74) is 1.70. The van der Waals surface area contributed by atoms with Crippen LogP contribution < -0.4 is 4.43 Å². The zero-order valence-corrected chi connectivity index (χ0v) is 14.3. The molecule has 0 radical (unpaired) electrons. The largest absolute Gasteiger partial charge is 0.543 e. The molecule has 0 bridgehead atoms. The number of rotatable bonds is 6. The molecule has 0 saturated heterocycles. The Kier molecular flexibility index (Phi) is 5.40. The number of phenols is 1. The molecule has 1 aromatic carbocycles. The van der Waals surface area contributed by atoms with Crippen LogP contribution in [0.2, 0.25) is 16.6 Å². The molecule has 1 N–H and O–H groups in total. The van der Waals surface area contributed by atoms with E-state index >= 15 is 0 Å². The second-order valence-corrected chi connectivity index (χ2v) is 11.6. The van der Waals surface area contributed by atoms with Crippen LogP contribution in [-0.2, 0) is 0 Å². The molecule has 20 heavy (non-hydrogen) atoms. The molecular weight excluding hydrogens is 268 g/mol. The van der Waals surface area contributed by atoms with E-state index in [4.69, 9.17) is 4.43 Å². The molecule has 0 aliphatic rings. The first-order valence-corrected chi connectivity index (χ1v) is 9.36. The van der Waals surface area contributed by atoms with Crippen molar-refractivity contribution in [2.24, 2.45) is 0 Å². The monoisotopic (exact) mass is 294 g/mol. The lowest BCUT2D eigenvalue weighted by molar-refractivity contribution is 0.112. The fourth-order valence-electron chi connectivity index (χ4n) is 3.24. The van der Waals surface area contributed by atoms with Crippen molar-refractivity contribution < 1.29 is 14.3 Å². The van der Waals surface area contributed by atoms with Crippen molar-refractivity contribution in [1.29, 1.82) is 0 Å². The van der Waals surface area contributed by atoms with Gasteiger partial charge >= 0.3 is 0 Å². The van der Waals surface area contributed by atoms with E-state index in [-0.39, 0.29) is 5.75 Å². The lowest BCUT2D eigenvalue weighted by Gasteiger charge is -2.42. The molecule has 0 heterocycles. The molecular formula is C16H26O3Si. The molecule has 112 valence electrons. The standard InChI is InChI=1S/C16H26O3Si/c1-11(2)20(12(3)4,13(5)6)19-15-8-7-14(10-17)16(18)9-15/h7-13,18H,1-6H3. The molecule has 3 nitrogen and oxygen atoms in total. The molecule has 0 atom stereocenters. The Morgan fingerprint density at radius 3 is 1.90 bits per heavy atom. The van der Waals surface area contributed by atoms with Crippen LogP contribution in [0.25, 0.3) is 0 Å². The summed E-state index contributed by atoms with van der Waals surface area (Å²) in [6, 6.07) is 4.94. The highest BCUT2D eigenvalue weighted by Crippen LogP contribution is 2.43. The SMILES string of the molecule is CC(C)[Si](Oc1ccc(C=O)c(O)c1)(C(C)C)C(C)C. The van der Waals surface area contributed by atoms with Gasteiger partial charge in [-0.2, -0.15) is 0 Å². The van der Waals surface area contributed by atoms with Crippen molar-refractivity contribution in [3.8, 4) is 11.5 Å². The highest BCUT2D eigenvalue weighted by Gasteiger charge is 2.47. The first kappa shape index (κ1) is 16.8. The van der Waals surface area contributed by atoms with E-state index in [1.807, 2.05) is 0 Å². The van der Waals surface area contributed by atoms with Gasteiger partial charge in [0.1, 0.15) is 11.5 Å². The Morgan fingerprint density at radius 1 is 1.05 bits per heavy atom. The van der Waals surface area contributed by atoms with Crippen LogP contribution in [0, 0.1) is 0 Å². The lowest BCUT2D eigenvalue weighted by Crippen LogP contribution is -2.50. The number of benzene rings is 1. The Balaban J connectivity index is 3.19. The van der Waals surface area contributed by atoms with Gasteiger partial charge in [0.05, 0.1) is 5.56 Å². The van der Waals surface area contributed by atoms with Gasteiger partial charge in [-0.15, -0.1) is 0 Å². The molecule has 0 spiro atoms. The van der Waals surface area contributed by atoms with Crippen LogP contribution in [0.5, 0.6) is 11.5 Å². The summed E-state index contributed by atoms with van der Waals surface area (Å²) in [6.45, 7) is 13.3. The molecule has 1 rings (SSSR count). The van der Waals surface area contributed by atoms with Gasteiger partial charge in [0.2, 0.25) is 0 Å². The number of aromatic hydroxyl groups is 1. The number of hydrogen-bond acceptors (Lipinski definition) is 3. The predicted octanol–water partition coefficient (Wildman–Crippen LogP) is 4.76. The summed E-state index contributed by atoms with van der Waals surface area (Å²) in [5, 5.41) is 9.81. The highest BCUT2D eigenvalue weighted by molar-refractivity contribution is 6.78. The van der Waals surface area contributed by atoms with Gasteiger partial charge in [-0.1, -0.05) is 41.5 Å². The number of phenolic OH excluding ortho intramolecular Hbond substituents is 1.